The number of nitrogens with zero attached hydrogens (tertiary/aromatic N) is 2. The van der Waals surface area contributed by atoms with Gasteiger partial charge in [0.05, 0.1) is 24.9 Å². The van der Waals surface area contributed by atoms with Gasteiger partial charge in [-0.3, -0.25) is 4.79 Å². The molecule has 8 nitrogen and oxygen atoms in total. The van der Waals surface area contributed by atoms with E-state index < -0.39 is 17.9 Å². The molecule has 0 bridgehead atoms. The Balaban J connectivity index is 1.52. The number of carbonyl (C=O) groups is 2. The summed E-state index contributed by atoms with van der Waals surface area (Å²) in [6.07, 6.45) is 4.09. The molecule has 3 amide bonds. The van der Waals surface area contributed by atoms with Crippen molar-refractivity contribution in [1.82, 2.24) is 20.2 Å². The number of nitrogens with one attached hydrogen (secondary N) is 3. The van der Waals surface area contributed by atoms with Gasteiger partial charge in [0.25, 0.3) is 0 Å². The molecular formula is C18H22FN5O3. The molecule has 3 rings (SSSR count). The van der Waals surface area contributed by atoms with Crippen LogP contribution in [0.2, 0.25) is 0 Å². The lowest BCUT2D eigenvalue weighted by Crippen LogP contribution is -2.52. The van der Waals surface area contributed by atoms with Crippen molar-refractivity contribution in [1.29, 1.82) is 0 Å². The molecule has 1 saturated heterocycles. The van der Waals surface area contributed by atoms with Crippen LogP contribution in [0.4, 0.5) is 14.9 Å². The lowest BCUT2D eigenvalue weighted by molar-refractivity contribution is -0.123. The highest BCUT2D eigenvalue weighted by Crippen LogP contribution is 2.16. The largest absolute Gasteiger partial charge is 0.377 e. The fourth-order valence-electron chi connectivity index (χ4n) is 2.88. The first-order valence-electron chi connectivity index (χ1n) is 8.78. The molecule has 0 aliphatic carbocycles. The second-order valence-electron chi connectivity index (χ2n) is 6.17. The molecule has 3 N–H and O–H groups in total. The average molecular weight is 375 g/mol. The third kappa shape index (κ3) is 5.27. The maximum absolute atomic E-state index is 13.8. The number of halogens is 1. The van der Waals surface area contributed by atoms with Crippen LogP contribution >= 0.6 is 0 Å². The number of anilines is 1. The Morgan fingerprint density at radius 1 is 1.37 bits per heavy atom. The monoisotopic (exact) mass is 375 g/mol. The zero-order chi connectivity index (χ0) is 19.1. The van der Waals surface area contributed by atoms with Crippen LogP contribution < -0.4 is 10.6 Å². The van der Waals surface area contributed by atoms with Gasteiger partial charge in [0.2, 0.25) is 5.91 Å². The van der Waals surface area contributed by atoms with Gasteiger partial charge < -0.3 is 25.3 Å². The van der Waals surface area contributed by atoms with E-state index in [0.29, 0.717) is 26.1 Å². The van der Waals surface area contributed by atoms with E-state index in [1.165, 1.54) is 17.0 Å². The summed E-state index contributed by atoms with van der Waals surface area (Å²) in [7, 11) is 0. The minimum Gasteiger partial charge on any atom is -0.377 e. The van der Waals surface area contributed by atoms with Gasteiger partial charge in [-0.15, -0.1) is 0 Å². The molecule has 27 heavy (non-hydrogen) atoms. The highest BCUT2D eigenvalue weighted by atomic mass is 19.1. The lowest BCUT2D eigenvalue weighted by Gasteiger charge is -2.35. The van der Waals surface area contributed by atoms with Crippen LogP contribution in [0.15, 0.2) is 36.7 Å². The molecule has 1 atom stereocenters. The van der Waals surface area contributed by atoms with Crippen molar-refractivity contribution in [3.63, 3.8) is 0 Å². The Hall–Kier alpha value is -2.94. The van der Waals surface area contributed by atoms with E-state index in [4.69, 9.17) is 4.74 Å². The SMILES string of the molecule is O=C(CC1COCCN1C(=O)Nc1ccccc1F)NCCc1ncc[nH]1. The highest BCUT2D eigenvalue weighted by Gasteiger charge is 2.29. The molecular weight excluding hydrogens is 353 g/mol. The Kier molecular flexibility index (Phi) is 6.37. The number of amides is 3. The minimum atomic E-state index is -0.508. The van der Waals surface area contributed by atoms with Crippen LogP contribution in [-0.4, -0.2) is 59.2 Å². The van der Waals surface area contributed by atoms with Crippen LogP contribution in [0.1, 0.15) is 12.2 Å². The number of urea groups is 1. The standard InChI is InChI=1S/C18H22FN5O3/c19-14-3-1-2-4-15(14)23-18(26)24-9-10-27-12-13(24)11-17(25)22-6-5-16-20-7-8-21-16/h1-4,7-8,13H,5-6,9-12H2,(H,20,21)(H,22,25)(H,23,26). The summed E-state index contributed by atoms with van der Waals surface area (Å²) < 4.78 is 19.2. The van der Waals surface area contributed by atoms with Crippen LogP contribution in [0.3, 0.4) is 0 Å². The molecule has 1 aliphatic rings. The number of hydrogen-bond acceptors (Lipinski definition) is 4. The van der Waals surface area contributed by atoms with Crippen molar-refractivity contribution in [2.45, 2.75) is 18.9 Å². The predicted molar refractivity (Wildman–Crippen MR) is 96.7 cm³/mol. The Bertz CT molecular complexity index is 768. The molecule has 0 saturated carbocycles. The first-order valence-corrected chi connectivity index (χ1v) is 8.78. The third-order valence-electron chi connectivity index (χ3n) is 4.26. The Morgan fingerprint density at radius 2 is 2.22 bits per heavy atom. The minimum absolute atomic E-state index is 0.107. The van der Waals surface area contributed by atoms with E-state index in [2.05, 4.69) is 20.6 Å². The molecule has 1 unspecified atom stereocenters. The van der Waals surface area contributed by atoms with Gasteiger partial charge in [-0.05, 0) is 12.1 Å². The lowest BCUT2D eigenvalue weighted by atomic mass is 10.1. The first-order chi connectivity index (χ1) is 13.1. The number of aromatic nitrogens is 2. The predicted octanol–water partition coefficient (Wildman–Crippen LogP) is 1.53. The van der Waals surface area contributed by atoms with Crippen LogP contribution in [0, 0.1) is 5.82 Å². The van der Waals surface area contributed by atoms with Crippen molar-refractivity contribution >= 4 is 17.6 Å². The summed E-state index contributed by atoms with van der Waals surface area (Å²) in [5.74, 6) is 0.106. The maximum Gasteiger partial charge on any atom is 0.322 e. The zero-order valence-electron chi connectivity index (χ0n) is 14.8. The van der Waals surface area contributed by atoms with Crippen molar-refractivity contribution in [3.05, 3.63) is 48.3 Å². The number of hydrogen-bond donors (Lipinski definition) is 3. The summed E-state index contributed by atoms with van der Waals surface area (Å²) in [6, 6.07) is 5.10. The van der Waals surface area contributed by atoms with Gasteiger partial charge in [-0.25, -0.2) is 14.2 Å². The molecule has 0 radical (unpaired) electrons. The van der Waals surface area contributed by atoms with Crippen molar-refractivity contribution in [3.8, 4) is 0 Å². The van der Waals surface area contributed by atoms with Crippen molar-refractivity contribution in [2.75, 3.05) is 31.6 Å². The Labute approximate surface area is 156 Å². The second kappa shape index (κ2) is 9.13. The smallest absolute Gasteiger partial charge is 0.322 e. The number of aromatic amines is 1. The topological polar surface area (TPSA) is 99.3 Å². The molecule has 144 valence electrons. The quantitative estimate of drug-likeness (QED) is 0.713. The van der Waals surface area contributed by atoms with Crippen LogP contribution in [-0.2, 0) is 16.0 Å². The van der Waals surface area contributed by atoms with Gasteiger partial charge in [-0.1, -0.05) is 12.1 Å². The molecule has 1 aromatic heterocycles. The molecule has 1 aromatic carbocycles. The summed E-state index contributed by atoms with van der Waals surface area (Å²) in [5.41, 5.74) is 0.107. The number of para-hydroxylation sites is 1. The highest BCUT2D eigenvalue weighted by molar-refractivity contribution is 5.90. The normalized spacial score (nSPS) is 16.8. The van der Waals surface area contributed by atoms with E-state index in [1.807, 2.05) is 0 Å². The number of morpholine rings is 1. The number of ether oxygens (including phenoxy) is 1. The summed E-state index contributed by atoms with van der Waals surface area (Å²) >= 11 is 0. The van der Waals surface area contributed by atoms with Gasteiger partial charge >= 0.3 is 6.03 Å². The van der Waals surface area contributed by atoms with E-state index in [-0.39, 0.29) is 24.6 Å². The first kappa shape index (κ1) is 18.8. The number of carbonyl (C=O) groups excluding carboxylic acids is 2. The maximum atomic E-state index is 13.8. The fourth-order valence-corrected chi connectivity index (χ4v) is 2.88. The number of imidazole rings is 1. The molecule has 2 aromatic rings. The van der Waals surface area contributed by atoms with Gasteiger partial charge in [0, 0.05) is 38.3 Å². The molecule has 0 spiro atoms. The fraction of sp³-hybridized carbons (Fsp3) is 0.389. The van der Waals surface area contributed by atoms with E-state index in [0.717, 1.165) is 5.82 Å². The number of benzene rings is 1. The van der Waals surface area contributed by atoms with Crippen molar-refractivity contribution in [2.24, 2.45) is 0 Å². The third-order valence-corrected chi connectivity index (χ3v) is 4.26. The summed E-state index contributed by atoms with van der Waals surface area (Å²) in [5, 5.41) is 5.37. The number of rotatable bonds is 6. The molecule has 9 heteroatoms. The van der Waals surface area contributed by atoms with Gasteiger partial charge in [0.15, 0.2) is 0 Å². The van der Waals surface area contributed by atoms with Gasteiger partial charge in [0.1, 0.15) is 11.6 Å². The molecule has 1 aliphatic heterocycles. The van der Waals surface area contributed by atoms with Crippen LogP contribution in [0.25, 0.3) is 0 Å². The Morgan fingerprint density at radius 3 is 3.00 bits per heavy atom. The molecule has 1 fully saturated rings. The summed E-state index contributed by atoms with van der Waals surface area (Å²) in [4.78, 5) is 33.3. The van der Waals surface area contributed by atoms with Crippen LogP contribution in [0.5, 0.6) is 0 Å². The van der Waals surface area contributed by atoms with Gasteiger partial charge in [-0.2, -0.15) is 0 Å². The van der Waals surface area contributed by atoms with Crippen molar-refractivity contribution < 1.29 is 18.7 Å². The second-order valence-corrected chi connectivity index (χ2v) is 6.17. The zero-order valence-corrected chi connectivity index (χ0v) is 14.8. The average Bonchev–Trinajstić information content (AvgIpc) is 3.17. The van der Waals surface area contributed by atoms with E-state index in [1.54, 1.807) is 24.5 Å². The van der Waals surface area contributed by atoms with E-state index >= 15 is 0 Å². The summed E-state index contributed by atoms with van der Waals surface area (Å²) in [6.45, 7) is 1.42. The number of H-pyrrole nitrogens is 1. The molecule has 2 heterocycles. The van der Waals surface area contributed by atoms with E-state index in [9.17, 15) is 14.0 Å².